The Morgan fingerprint density at radius 3 is 1.54 bits per heavy atom. The Bertz CT molecular complexity index is 1810. The minimum absolute atomic E-state index is 0.0148. The van der Waals surface area contributed by atoms with Crippen molar-refractivity contribution < 1.29 is 38.7 Å². The number of methoxy groups -OCH3 is 1. The van der Waals surface area contributed by atoms with Crippen LogP contribution in [0.1, 0.15) is 69.4 Å². The number of rotatable bonds is 6. The lowest BCUT2D eigenvalue weighted by atomic mass is 9.74. The van der Waals surface area contributed by atoms with Crippen molar-refractivity contribution in [3.05, 3.63) is 52.1 Å². The molecule has 0 atom stereocenters. The number of aliphatic hydroxyl groups excluding tert-OH is 3. The zero-order valence-corrected chi connectivity index (χ0v) is 30.2. The van der Waals surface area contributed by atoms with Crippen molar-refractivity contribution in [3.8, 4) is 26.6 Å². The monoisotopic (exact) mass is 688 g/mol. The summed E-state index contributed by atoms with van der Waals surface area (Å²) in [6, 6.07) is 8.83. The molecule has 2 aromatic carbocycles. The van der Waals surface area contributed by atoms with Gasteiger partial charge in [-0.2, -0.15) is 0 Å². The van der Waals surface area contributed by atoms with Gasteiger partial charge in [0.25, 0.3) is 0 Å². The van der Waals surface area contributed by atoms with E-state index in [1.54, 1.807) is 29.8 Å². The summed E-state index contributed by atoms with van der Waals surface area (Å²) in [6.07, 6.45) is 0. The highest BCUT2D eigenvalue weighted by molar-refractivity contribution is 7.26. The largest absolute Gasteiger partial charge is 0.504 e. The molecule has 0 spiro atoms. The molecule has 3 N–H and O–H groups in total. The highest BCUT2D eigenvalue weighted by Gasteiger charge is 2.47. The molecule has 0 bridgehead atoms. The Morgan fingerprint density at radius 2 is 1.10 bits per heavy atom. The van der Waals surface area contributed by atoms with Gasteiger partial charge in [-0.15, -0.1) is 22.7 Å². The van der Waals surface area contributed by atoms with Crippen molar-refractivity contribution in [2.45, 2.75) is 59.0 Å². The molecule has 0 saturated carbocycles. The van der Waals surface area contributed by atoms with Gasteiger partial charge in [-0.3, -0.25) is 0 Å². The molecule has 8 rings (SSSR count). The fourth-order valence-corrected chi connectivity index (χ4v) is 10.8. The van der Waals surface area contributed by atoms with Crippen molar-refractivity contribution >= 4 is 57.2 Å². The van der Waals surface area contributed by atoms with E-state index in [0.717, 1.165) is 52.5 Å². The van der Waals surface area contributed by atoms with Gasteiger partial charge in [-0.1, -0.05) is 41.5 Å². The van der Waals surface area contributed by atoms with Crippen molar-refractivity contribution in [2.24, 2.45) is 10.8 Å². The zero-order valence-electron chi connectivity index (χ0n) is 28.6. The summed E-state index contributed by atoms with van der Waals surface area (Å²) in [5.41, 5.74) is 6.44. The lowest BCUT2D eigenvalue weighted by molar-refractivity contribution is -0.0144. The minimum atomic E-state index is -0.478. The Morgan fingerprint density at radius 1 is 0.667 bits per heavy atom. The molecule has 0 amide bonds. The molecule has 252 valence electrons. The highest BCUT2D eigenvalue weighted by atomic mass is 32.1. The maximum Gasteiger partial charge on any atom is 0.504 e. The summed E-state index contributed by atoms with van der Waals surface area (Å²) in [4.78, 5) is 2.30. The molecular weight excluding hydrogens is 646 g/mol. The molecule has 48 heavy (non-hydrogen) atoms. The second-order valence-corrected chi connectivity index (χ2v) is 17.9. The van der Waals surface area contributed by atoms with Crippen LogP contribution in [0, 0.1) is 10.8 Å². The Balaban J connectivity index is 1.25. The van der Waals surface area contributed by atoms with Gasteiger partial charge < -0.3 is 38.7 Å². The van der Waals surface area contributed by atoms with Crippen molar-refractivity contribution in [1.29, 1.82) is 0 Å². The molecular formula is C36H42B2O8S2. The van der Waals surface area contributed by atoms with Crippen LogP contribution in [-0.2, 0) is 36.1 Å². The number of aliphatic hydroxyl groups is 3. The van der Waals surface area contributed by atoms with Gasteiger partial charge in [-0.25, -0.2) is 0 Å². The summed E-state index contributed by atoms with van der Waals surface area (Å²) in [6.45, 7) is 14.7. The topological polar surface area (TPSA) is 107 Å². The van der Waals surface area contributed by atoms with Crippen LogP contribution in [-0.4, -0.2) is 76.3 Å². The number of ether oxygens (including phenoxy) is 1. The van der Waals surface area contributed by atoms with Crippen LogP contribution in [0.4, 0.5) is 0 Å². The molecule has 0 unspecified atom stereocenters. The lowest BCUT2D eigenvalue weighted by Crippen LogP contribution is -2.49. The third-order valence-electron chi connectivity index (χ3n) is 11.0. The van der Waals surface area contributed by atoms with Crippen LogP contribution in [0.25, 0.3) is 31.7 Å². The fraction of sp³-hybridized carbons (Fsp3) is 0.500. The first kappa shape index (κ1) is 32.9. The van der Waals surface area contributed by atoms with E-state index in [1.807, 2.05) is 13.8 Å². The van der Waals surface area contributed by atoms with E-state index in [4.69, 9.17) is 23.4 Å². The smallest absolute Gasteiger partial charge is 0.496 e. The summed E-state index contributed by atoms with van der Waals surface area (Å²) in [5, 5.41) is 32.7. The van der Waals surface area contributed by atoms with Gasteiger partial charge in [0.15, 0.2) is 0 Å². The zero-order chi connectivity index (χ0) is 34.0. The first-order chi connectivity index (χ1) is 22.8. The molecule has 2 saturated heterocycles. The van der Waals surface area contributed by atoms with Crippen LogP contribution in [0.2, 0.25) is 0 Å². The molecule has 8 nitrogen and oxygen atoms in total. The molecule has 2 fully saturated rings. The Kier molecular flexibility index (Phi) is 7.63. The van der Waals surface area contributed by atoms with Crippen LogP contribution in [0.3, 0.4) is 0 Å². The predicted octanol–water partition coefficient (Wildman–Crippen LogP) is 4.56. The number of hydrogen-bond donors (Lipinski definition) is 3. The molecule has 4 heterocycles. The fourth-order valence-electron chi connectivity index (χ4n) is 8.06. The number of fused-ring (bicyclic) bond motifs is 9. The summed E-state index contributed by atoms with van der Waals surface area (Å²) in [7, 11) is 0.796. The summed E-state index contributed by atoms with van der Waals surface area (Å²) < 4.78 is 32.7. The second kappa shape index (κ2) is 11.1. The average Bonchev–Trinajstić information content (AvgIpc) is 3.82. The molecule has 2 aliphatic carbocycles. The third-order valence-corrected chi connectivity index (χ3v) is 13.3. The SMILES string of the molecule is COc1cc2c3c(c(CO)cc2c2c1-c1sc(B4OCC(C)(CO)CO4)cc1C2(C)C)-c1sc(B2OCC(C)(CO)CO2)cc1C3(C)C. The van der Waals surface area contributed by atoms with E-state index >= 15 is 0 Å². The molecule has 4 aliphatic rings. The van der Waals surface area contributed by atoms with Gasteiger partial charge in [0, 0.05) is 78.5 Å². The Hall–Kier alpha value is -2.25. The predicted molar refractivity (Wildman–Crippen MR) is 192 cm³/mol. The minimum Gasteiger partial charge on any atom is -0.496 e. The van der Waals surface area contributed by atoms with Crippen molar-refractivity contribution in [2.75, 3.05) is 46.8 Å². The van der Waals surface area contributed by atoms with Gasteiger partial charge in [-0.05, 0) is 62.9 Å². The van der Waals surface area contributed by atoms with Gasteiger partial charge in [0.2, 0.25) is 0 Å². The Labute approximate surface area is 290 Å². The van der Waals surface area contributed by atoms with E-state index < -0.39 is 25.1 Å². The average molecular weight is 688 g/mol. The van der Waals surface area contributed by atoms with Crippen LogP contribution in [0.5, 0.6) is 5.75 Å². The van der Waals surface area contributed by atoms with Crippen LogP contribution < -0.4 is 14.3 Å². The number of thiophene rings is 2. The maximum atomic E-state index is 10.9. The second-order valence-electron chi connectivity index (χ2n) is 15.7. The quantitative estimate of drug-likeness (QED) is 0.254. The normalized spacial score (nSPS) is 21.3. The molecule has 0 radical (unpaired) electrons. The molecule has 12 heteroatoms. The van der Waals surface area contributed by atoms with E-state index in [0.29, 0.717) is 26.4 Å². The number of benzene rings is 2. The van der Waals surface area contributed by atoms with Gasteiger partial charge in [0.1, 0.15) is 5.75 Å². The van der Waals surface area contributed by atoms with E-state index in [2.05, 4.69) is 52.0 Å². The molecule has 2 aliphatic heterocycles. The molecule has 2 aromatic heterocycles. The van der Waals surface area contributed by atoms with Crippen LogP contribution >= 0.6 is 22.7 Å². The van der Waals surface area contributed by atoms with Crippen molar-refractivity contribution in [3.63, 3.8) is 0 Å². The molecule has 4 aromatic rings. The van der Waals surface area contributed by atoms with E-state index in [1.165, 1.54) is 22.3 Å². The highest BCUT2D eigenvalue weighted by Crippen LogP contribution is 2.61. The van der Waals surface area contributed by atoms with Crippen LogP contribution in [0.15, 0.2) is 24.3 Å². The number of hydrogen-bond acceptors (Lipinski definition) is 10. The van der Waals surface area contributed by atoms with Gasteiger partial charge >= 0.3 is 14.2 Å². The third kappa shape index (κ3) is 4.61. The lowest BCUT2D eigenvalue weighted by Gasteiger charge is -2.34. The summed E-state index contributed by atoms with van der Waals surface area (Å²) in [5.74, 6) is 0.831. The van der Waals surface area contributed by atoms with E-state index in [9.17, 15) is 15.3 Å². The van der Waals surface area contributed by atoms with Crippen molar-refractivity contribution in [1.82, 2.24) is 0 Å². The first-order valence-electron chi connectivity index (χ1n) is 16.6. The summed E-state index contributed by atoms with van der Waals surface area (Å²) >= 11 is 3.36. The standard InChI is InChI=1S/C36H42B2O8S2/c1-33(2)22-10-25(37-43-15-35(5,13-40)16-44-37)47-31(22)27-19(12-39)8-20-21(29(27)33)9-24(42-7)28-30(20)34(3,4)23-11-26(48-32(23)28)38-45-17-36(6,14-41)18-46-38/h8-11,39-41H,12-18H2,1-7H3. The van der Waals surface area contributed by atoms with Gasteiger partial charge in [0.05, 0.1) is 26.9 Å². The first-order valence-corrected chi connectivity index (χ1v) is 18.2. The van der Waals surface area contributed by atoms with E-state index in [-0.39, 0.29) is 30.7 Å². The maximum absolute atomic E-state index is 10.9.